The van der Waals surface area contributed by atoms with Crippen molar-refractivity contribution in [2.75, 3.05) is 0 Å². The highest BCUT2D eigenvalue weighted by molar-refractivity contribution is 5.82. The van der Waals surface area contributed by atoms with Crippen molar-refractivity contribution in [1.82, 2.24) is 10.2 Å². The van der Waals surface area contributed by atoms with Crippen molar-refractivity contribution in [2.24, 2.45) is 0 Å². The van der Waals surface area contributed by atoms with Crippen molar-refractivity contribution >= 4 is 0 Å². The third-order valence-corrected chi connectivity index (χ3v) is 3.10. The first kappa shape index (κ1) is 11.5. The number of H-pyrrole nitrogens is 1. The highest BCUT2D eigenvalue weighted by atomic mass is 16.5. The number of aryl methyl sites for hydroxylation is 1. The number of pyridine rings is 1. The Bertz CT molecular complexity index is 687. The Morgan fingerprint density at radius 1 is 1.00 bits per heavy atom. The van der Waals surface area contributed by atoms with Crippen molar-refractivity contribution in [2.45, 2.75) is 6.92 Å². The van der Waals surface area contributed by atoms with Gasteiger partial charge in [-0.2, -0.15) is 5.10 Å². The Morgan fingerprint density at radius 3 is 2.37 bits per heavy atom. The minimum Gasteiger partial charge on any atom is -0.285 e. The molecule has 0 bridgehead atoms. The molecular formula is C15H14N3O+. The third kappa shape index (κ3) is 2.08. The topological polar surface area (TPSA) is 52.8 Å². The van der Waals surface area contributed by atoms with Crippen molar-refractivity contribution in [1.29, 1.82) is 0 Å². The SMILES string of the molecule is Cc1[nH]nc(-c2ccccc2)c1-c1cc[n+](O)cc1. The molecule has 0 fully saturated rings. The lowest BCUT2D eigenvalue weighted by Gasteiger charge is -2.03. The molecule has 0 atom stereocenters. The molecule has 0 saturated heterocycles. The van der Waals surface area contributed by atoms with Crippen molar-refractivity contribution in [3.05, 3.63) is 60.6 Å². The number of aromatic amines is 1. The van der Waals surface area contributed by atoms with Gasteiger partial charge < -0.3 is 0 Å². The van der Waals surface area contributed by atoms with E-state index in [9.17, 15) is 5.21 Å². The van der Waals surface area contributed by atoms with Gasteiger partial charge in [-0.3, -0.25) is 10.3 Å². The van der Waals surface area contributed by atoms with Gasteiger partial charge in [-0.25, -0.2) is 0 Å². The maximum absolute atomic E-state index is 9.30. The Hall–Kier alpha value is -2.62. The van der Waals surface area contributed by atoms with Crippen LogP contribution < -0.4 is 4.73 Å². The third-order valence-electron chi connectivity index (χ3n) is 3.10. The summed E-state index contributed by atoms with van der Waals surface area (Å²) in [5.41, 5.74) is 5.09. The molecule has 0 spiro atoms. The Kier molecular flexibility index (Phi) is 2.76. The lowest BCUT2D eigenvalue weighted by atomic mass is 10.0. The van der Waals surface area contributed by atoms with Crippen molar-refractivity contribution in [3.8, 4) is 22.4 Å². The van der Waals surface area contributed by atoms with E-state index in [1.165, 1.54) is 0 Å². The molecule has 0 aliphatic heterocycles. The number of hydrogen-bond donors (Lipinski definition) is 2. The molecule has 19 heavy (non-hydrogen) atoms. The molecule has 0 unspecified atom stereocenters. The molecule has 0 saturated carbocycles. The van der Waals surface area contributed by atoms with Gasteiger partial charge in [-0.05, 0) is 12.5 Å². The number of nitrogens with zero attached hydrogens (tertiary/aromatic N) is 2. The molecule has 4 nitrogen and oxygen atoms in total. The number of hydrogen-bond acceptors (Lipinski definition) is 2. The highest BCUT2D eigenvalue weighted by Crippen LogP contribution is 2.32. The maximum atomic E-state index is 9.30. The van der Waals surface area contributed by atoms with Crippen LogP contribution in [-0.2, 0) is 0 Å². The van der Waals surface area contributed by atoms with Gasteiger partial charge in [0.25, 0.3) is 0 Å². The van der Waals surface area contributed by atoms with E-state index < -0.39 is 0 Å². The summed E-state index contributed by atoms with van der Waals surface area (Å²) in [6, 6.07) is 13.8. The molecule has 2 aromatic heterocycles. The van der Waals surface area contributed by atoms with Crippen LogP contribution in [0.3, 0.4) is 0 Å². The van der Waals surface area contributed by atoms with Gasteiger partial charge in [-0.15, -0.1) is 0 Å². The molecule has 2 heterocycles. The predicted molar refractivity (Wildman–Crippen MR) is 71.6 cm³/mol. The van der Waals surface area contributed by atoms with Gasteiger partial charge >= 0.3 is 0 Å². The maximum Gasteiger partial charge on any atom is 0.222 e. The minimum absolute atomic E-state index is 0.925. The minimum atomic E-state index is 0.925. The molecule has 4 heteroatoms. The van der Waals surface area contributed by atoms with Crippen LogP contribution in [0.1, 0.15) is 5.69 Å². The summed E-state index contributed by atoms with van der Waals surface area (Å²) in [6.07, 6.45) is 3.22. The van der Waals surface area contributed by atoms with E-state index in [-0.39, 0.29) is 0 Å². The second kappa shape index (κ2) is 4.57. The molecule has 2 N–H and O–H groups in total. The van der Waals surface area contributed by atoms with Crippen LogP contribution in [0.2, 0.25) is 0 Å². The van der Waals surface area contributed by atoms with Crippen LogP contribution in [0.4, 0.5) is 0 Å². The van der Waals surface area contributed by atoms with Crippen LogP contribution in [0.15, 0.2) is 54.9 Å². The lowest BCUT2D eigenvalue weighted by Crippen LogP contribution is -2.27. The van der Waals surface area contributed by atoms with Crippen LogP contribution >= 0.6 is 0 Å². The second-order valence-corrected chi connectivity index (χ2v) is 4.41. The first-order valence-corrected chi connectivity index (χ1v) is 6.07. The van der Waals surface area contributed by atoms with E-state index in [0.717, 1.165) is 32.8 Å². The zero-order valence-electron chi connectivity index (χ0n) is 10.5. The van der Waals surface area contributed by atoms with Gasteiger partial charge in [0.05, 0.1) is 0 Å². The fourth-order valence-corrected chi connectivity index (χ4v) is 2.17. The Balaban J connectivity index is 2.17. The standard InChI is InChI=1S/C15H13N3O/c1-11-14(12-7-9-18(19)10-8-12)15(17-16-11)13-5-3-2-4-6-13/h2-10,19H,1H3/p+1. The van der Waals surface area contributed by atoms with E-state index in [1.807, 2.05) is 49.4 Å². The highest BCUT2D eigenvalue weighted by Gasteiger charge is 2.14. The molecule has 0 aliphatic rings. The fourth-order valence-electron chi connectivity index (χ4n) is 2.17. The van der Waals surface area contributed by atoms with Gasteiger partial charge in [0.1, 0.15) is 5.69 Å². The van der Waals surface area contributed by atoms with Crippen LogP contribution in [-0.4, -0.2) is 15.4 Å². The first-order chi connectivity index (χ1) is 9.25. The molecule has 3 aromatic rings. The van der Waals surface area contributed by atoms with Gasteiger partial charge in [0.15, 0.2) is 0 Å². The molecular weight excluding hydrogens is 238 g/mol. The number of nitrogens with one attached hydrogen (secondary N) is 1. The molecule has 1 aromatic carbocycles. The summed E-state index contributed by atoms with van der Waals surface area (Å²) in [4.78, 5) is 0. The predicted octanol–water partition coefficient (Wildman–Crippen LogP) is 2.58. The average molecular weight is 252 g/mol. The quantitative estimate of drug-likeness (QED) is 0.544. The fraction of sp³-hybridized carbons (Fsp3) is 0.0667. The summed E-state index contributed by atoms with van der Waals surface area (Å²) in [5.74, 6) is 0. The summed E-state index contributed by atoms with van der Waals surface area (Å²) in [5, 5.41) is 16.7. The smallest absolute Gasteiger partial charge is 0.222 e. The van der Waals surface area contributed by atoms with E-state index in [0.29, 0.717) is 0 Å². The molecule has 3 rings (SSSR count). The zero-order chi connectivity index (χ0) is 13.2. The first-order valence-electron chi connectivity index (χ1n) is 6.07. The molecule has 0 amide bonds. The lowest BCUT2D eigenvalue weighted by molar-refractivity contribution is -0.904. The van der Waals surface area contributed by atoms with Crippen molar-refractivity contribution < 1.29 is 9.94 Å². The summed E-state index contributed by atoms with van der Waals surface area (Å²) in [6.45, 7) is 1.99. The zero-order valence-corrected chi connectivity index (χ0v) is 10.5. The van der Waals surface area contributed by atoms with Gasteiger partial charge in [0, 0.05) is 33.7 Å². The van der Waals surface area contributed by atoms with Gasteiger partial charge in [-0.1, -0.05) is 30.3 Å². The monoisotopic (exact) mass is 252 g/mol. The van der Waals surface area contributed by atoms with Crippen LogP contribution in [0.25, 0.3) is 22.4 Å². The second-order valence-electron chi connectivity index (χ2n) is 4.41. The Labute approximate surface area is 110 Å². The summed E-state index contributed by atoms with van der Waals surface area (Å²) >= 11 is 0. The summed E-state index contributed by atoms with van der Waals surface area (Å²) in [7, 11) is 0. The molecule has 0 aliphatic carbocycles. The molecule has 0 radical (unpaired) electrons. The van der Waals surface area contributed by atoms with Crippen molar-refractivity contribution in [3.63, 3.8) is 0 Å². The molecule has 94 valence electrons. The van der Waals surface area contributed by atoms with E-state index in [4.69, 9.17) is 0 Å². The largest absolute Gasteiger partial charge is 0.285 e. The average Bonchev–Trinajstić information content (AvgIpc) is 2.83. The van der Waals surface area contributed by atoms with E-state index in [2.05, 4.69) is 10.2 Å². The Morgan fingerprint density at radius 2 is 1.68 bits per heavy atom. The van der Waals surface area contributed by atoms with E-state index in [1.54, 1.807) is 12.4 Å². The van der Waals surface area contributed by atoms with Crippen LogP contribution in [0, 0.1) is 6.92 Å². The normalized spacial score (nSPS) is 10.6. The van der Waals surface area contributed by atoms with E-state index >= 15 is 0 Å². The number of rotatable bonds is 2. The number of benzene rings is 1. The summed E-state index contributed by atoms with van der Waals surface area (Å²) < 4.78 is 1.03. The number of aromatic nitrogens is 3. The van der Waals surface area contributed by atoms with Crippen LogP contribution in [0.5, 0.6) is 0 Å². The van der Waals surface area contributed by atoms with Gasteiger partial charge in [0.2, 0.25) is 12.4 Å².